The highest BCUT2D eigenvalue weighted by atomic mass is 32.1. The smallest absolute Gasteiger partial charge is 0.119 e. The molecule has 0 fully saturated rings. The third kappa shape index (κ3) is 2.26. The number of rotatable bonds is 3. The summed E-state index contributed by atoms with van der Waals surface area (Å²) in [5, 5.41) is 14.0. The van der Waals surface area contributed by atoms with Gasteiger partial charge in [0.1, 0.15) is 5.75 Å². The van der Waals surface area contributed by atoms with Crippen LogP contribution in [0.2, 0.25) is 0 Å². The van der Waals surface area contributed by atoms with Crippen molar-refractivity contribution in [1.82, 2.24) is 4.98 Å². The lowest BCUT2D eigenvalue weighted by Crippen LogP contribution is -2.25. The van der Waals surface area contributed by atoms with Crippen molar-refractivity contribution in [2.75, 3.05) is 7.11 Å². The molecule has 1 heterocycles. The Morgan fingerprint density at radius 3 is 3.00 bits per heavy atom. The topological polar surface area (TPSA) is 42.4 Å². The predicted molar refractivity (Wildman–Crippen MR) is 75.8 cm³/mol. The Bertz CT molecular complexity index is 608. The predicted octanol–water partition coefficient (Wildman–Crippen LogP) is 2.84. The molecule has 3 rings (SSSR count). The van der Waals surface area contributed by atoms with Gasteiger partial charge in [0.05, 0.1) is 23.4 Å². The van der Waals surface area contributed by atoms with Crippen molar-refractivity contribution in [2.45, 2.75) is 31.8 Å². The van der Waals surface area contributed by atoms with E-state index in [1.165, 1.54) is 5.56 Å². The number of thiazole rings is 1. The molecule has 0 bridgehead atoms. The minimum atomic E-state index is -0.801. The lowest BCUT2D eigenvalue weighted by Gasteiger charge is -2.23. The molecule has 0 saturated heterocycles. The van der Waals surface area contributed by atoms with E-state index in [-0.39, 0.29) is 0 Å². The minimum Gasteiger partial charge on any atom is -0.497 e. The van der Waals surface area contributed by atoms with E-state index in [0.717, 1.165) is 34.9 Å². The first kappa shape index (κ1) is 12.6. The first-order valence-corrected chi connectivity index (χ1v) is 7.29. The van der Waals surface area contributed by atoms with E-state index in [0.29, 0.717) is 6.42 Å². The lowest BCUT2D eigenvalue weighted by molar-refractivity contribution is 0.0379. The van der Waals surface area contributed by atoms with Gasteiger partial charge in [0.25, 0.3) is 0 Å². The quantitative estimate of drug-likeness (QED) is 0.936. The molecule has 1 aliphatic carbocycles. The summed E-state index contributed by atoms with van der Waals surface area (Å²) in [6.45, 7) is 1.99. The second-order valence-corrected chi connectivity index (χ2v) is 6.15. The van der Waals surface area contributed by atoms with Crippen molar-refractivity contribution in [3.05, 3.63) is 45.4 Å². The summed E-state index contributed by atoms with van der Waals surface area (Å²) in [4.78, 5) is 4.46. The van der Waals surface area contributed by atoms with Crippen LogP contribution < -0.4 is 4.74 Å². The molecule has 1 aromatic heterocycles. The first-order chi connectivity index (χ1) is 9.10. The molecule has 1 atom stereocenters. The van der Waals surface area contributed by atoms with Crippen molar-refractivity contribution >= 4 is 11.3 Å². The van der Waals surface area contributed by atoms with Gasteiger partial charge in [0.15, 0.2) is 0 Å². The van der Waals surface area contributed by atoms with E-state index in [2.05, 4.69) is 11.1 Å². The Morgan fingerprint density at radius 1 is 1.47 bits per heavy atom. The summed E-state index contributed by atoms with van der Waals surface area (Å²) >= 11 is 1.63. The number of hydrogen-bond acceptors (Lipinski definition) is 4. The molecule has 1 unspecified atom stereocenters. The fraction of sp³-hybridized carbons (Fsp3) is 0.400. The summed E-state index contributed by atoms with van der Waals surface area (Å²) < 4.78 is 5.26. The van der Waals surface area contributed by atoms with Crippen molar-refractivity contribution in [1.29, 1.82) is 0 Å². The van der Waals surface area contributed by atoms with Gasteiger partial charge in [-0.15, -0.1) is 11.3 Å². The van der Waals surface area contributed by atoms with E-state index in [9.17, 15) is 5.11 Å². The second-order valence-electron chi connectivity index (χ2n) is 5.09. The molecule has 3 nitrogen and oxygen atoms in total. The van der Waals surface area contributed by atoms with Crippen LogP contribution in [-0.4, -0.2) is 17.2 Å². The van der Waals surface area contributed by atoms with Crippen LogP contribution in [0, 0.1) is 6.92 Å². The number of nitrogens with zero attached hydrogens (tertiary/aromatic N) is 1. The zero-order valence-corrected chi connectivity index (χ0v) is 12.0. The van der Waals surface area contributed by atoms with Crippen LogP contribution in [0.4, 0.5) is 0 Å². The van der Waals surface area contributed by atoms with Gasteiger partial charge in [0.2, 0.25) is 0 Å². The summed E-state index contributed by atoms with van der Waals surface area (Å²) in [7, 11) is 1.65. The van der Waals surface area contributed by atoms with Crippen LogP contribution in [0.15, 0.2) is 23.6 Å². The van der Waals surface area contributed by atoms with Crippen LogP contribution >= 0.6 is 11.3 Å². The second kappa shape index (κ2) is 4.62. The van der Waals surface area contributed by atoms with Gasteiger partial charge in [-0.25, -0.2) is 4.98 Å². The van der Waals surface area contributed by atoms with Gasteiger partial charge >= 0.3 is 0 Å². The SMILES string of the molecule is COc1ccc2c(c1)C(O)(Cc1csc(C)n1)CC2. The van der Waals surface area contributed by atoms with E-state index in [1.807, 2.05) is 24.4 Å². The lowest BCUT2D eigenvalue weighted by atomic mass is 9.91. The molecule has 100 valence electrons. The number of aromatic nitrogens is 1. The molecular formula is C15H17NO2S. The van der Waals surface area contributed by atoms with Crippen LogP contribution in [0.1, 0.15) is 28.2 Å². The molecule has 0 spiro atoms. The number of aliphatic hydroxyl groups is 1. The third-order valence-electron chi connectivity index (χ3n) is 3.77. The Kier molecular flexibility index (Phi) is 3.07. The van der Waals surface area contributed by atoms with Crippen LogP contribution in [0.3, 0.4) is 0 Å². The molecular weight excluding hydrogens is 258 g/mol. The molecule has 0 radical (unpaired) electrons. The minimum absolute atomic E-state index is 0.581. The molecule has 0 amide bonds. The number of hydrogen-bond donors (Lipinski definition) is 1. The number of methoxy groups -OCH3 is 1. The largest absolute Gasteiger partial charge is 0.497 e. The zero-order valence-electron chi connectivity index (χ0n) is 11.1. The average molecular weight is 275 g/mol. The van der Waals surface area contributed by atoms with E-state index in [1.54, 1.807) is 18.4 Å². The zero-order chi connectivity index (χ0) is 13.5. The number of ether oxygens (including phenoxy) is 1. The summed E-state index contributed by atoms with van der Waals surface area (Å²) in [6.07, 6.45) is 2.25. The van der Waals surface area contributed by atoms with E-state index < -0.39 is 5.60 Å². The number of aryl methyl sites for hydroxylation is 2. The Morgan fingerprint density at radius 2 is 2.32 bits per heavy atom. The molecule has 1 N–H and O–H groups in total. The number of fused-ring (bicyclic) bond motifs is 1. The van der Waals surface area contributed by atoms with Crippen molar-refractivity contribution in [3.8, 4) is 5.75 Å². The highest BCUT2D eigenvalue weighted by Gasteiger charge is 2.37. The molecule has 1 aromatic carbocycles. The maximum atomic E-state index is 10.9. The summed E-state index contributed by atoms with van der Waals surface area (Å²) in [6, 6.07) is 5.97. The normalized spacial score (nSPS) is 21.4. The third-order valence-corrected chi connectivity index (χ3v) is 4.59. The van der Waals surface area contributed by atoms with Crippen molar-refractivity contribution in [2.24, 2.45) is 0 Å². The highest BCUT2D eigenvalue weighted by molar-refractivity contribution is 7.09. The Hall–Kier alpha value is -1.39. The molecule has 2 aromatic rings. The molecule has 0 aliphatic heterocycles. The molecule has 0 saturated carbocycles. The van der Waals surface area contributed by atoms with Gasteiger partial charge in [-0.05, 0) is 43.0 Å². The van der Waals surface area contributed by atoms with Gasteiger partial charge in [-0.1, -0.05) is 6.07 Å². The van der Waals surface area contributed by atoms with Gasteiger partial charge in [-0.3, -0.25) is 0 Å². The Labute approximate surface area is 116 Å². The summed E-state index contributed by atoms with van der Waals surface area (Å²) in [5.41, 5.74) is 2.39. The molecule has 19 heavy (non-hydrogen) atoms. The molecule has 1 aliphatic rings. The van der Waals surface area contributed by atoms with Gasteiger partial charge < -0.3 is 9.84 Å². The van der Waals surface area contributed by atoms with E-state index >= 15 is 0 Å². The number of benzene rings is 1. The van der Waals surface area contributed by atoms with Gasteiger partial charge in [-0.2, -0.15) is 0 Å². The van der Waals surface area contributed by atoms with Crippen LogP contribution in [0.5, 0.6) is 5.75 Å². The standard InChI is InChI=1S/C15H17NO2S/c1-10-16-12(9-19-10)8-15(17)6-5-11-3-4-13(18-2)7-14(11)15/h3-4,7,9,17H,5-6,8H2,1-2H3. The van der Waals surface area contributed by atoms with Gasteiger partial charge in [0, 0.05) is 11.8 Å². The fourth-order valence-electron chi connectivity index (χ4n) is 2.78. The average Bonchev–Trinajstić information content (AvgIpc) is 2.94. The summed E-state index contributed by atoms with van der Waals surface area (Å²) in [5.74, 6) is 0.800. The monoisotopic (exact) mass is 275 g/mol. The van der Waals surface area contributed by atoms with Crippen LogP contribution in [0.25, 0.3) is 0 Å². The van der Waals surface area contributed by atoms with E-state index in [4.69, 9.17) is 4.74 Å². The first-order valence-electron chi connectivity index (χ1n) is 6.41. The maximum absolute atomic E-state index is 10.9. The van der Waals surface area contributed by atoms with Crippen LogP contribution in [-0.2, 0) is 18.4 Å². The van der Waals surface area contributed by atoms with Crippen molar-refractivity contribution in [3.63, 3.8) is 0 Å². The molecule has 4 heteroatoms. The fourth-order valence-corrected chi connectivity index (χ4v) is 3.40. The maximum Gasteiger partial charge on any atom is 0.119 e. The Balaban J connectivity index is 1.94. The van der Waals surface area contributed by atoms with Crippen molar-refractivity contribution < 1.29 is 9.84 Å². The highest BCUT2D eigenvalue weighted by Crippen LogP contribution is 2.41.